The van der Waals surface area contributed by atoms with Crippen LogP contribution in [0.3, 0.4) is 0 Å². The smallest absolute Gasteiger partial charge is 0.345 e. The van der Waals surface area contributed by atoms with E-state index in [1.54, 1.807) is 0 Å². The number of benzene rings is 1. The number of aromatic carboxylic acids is 1. The molecule has 7 heteroatoms. The van der Waals surface area contributed by atoms with Gasteiger partial charge < -0.3 is 24.7 Å². The first-order valence-corrected chi connectivity index (χ1v) is 7.71. The number of fused-ring (bicyclic) bond motifs is 1. The molecule has 0 amide bonds. The molecule has 0 atom stereocenters. The quantitative estimate of drug-likeness (QED) is 0.674. The summed E-state index contributed by atoms with van der Waals surface area (Å²) in [5.74, 6) is -2.01. The molecule has 0 aliphatic heterocycles. The predicted octanol–water partition coefficient (Wildman–Crippen LogP) is 2.00. The minimum absolute atomic E-state index is 0.368. The second-order valence-corrected chi connectivity index (χ2v) is 6.28. The number of aryl methyl sites for hydroxylation is 1. The molecule has 0 aliphatic rings. The zero-order valence-electron chi connectivity index (χ0n) is 14.2. The Labute approximate surface area is 143 Å². The Kier molecular flexibility index (Phi) is 4.10. The highest BCUT2D eigenvalue weighted by Crippen LogP contribution is 2.27. The van der Waals surface area contributed by atoms with Crippen LogP contribution in [0.5, 0.6) is 5.75 Å². The molecule has 25 heavy (non-hydrogen) atoms. The van der Waals surface area contributed by atoms with Crippen LogP contribution < -0.4 is 5.56 Å². The predicted molar refractivity (Wildman–Crippen MR) is 95.0 cm³/mol. The van der Waals surface area contributed by atoms with Crippen LogP contribution in [0, 0.1) is 0 Å². The first-order valence-electron chi connectivity index (χ1n) is 7.71. The lowest BCUT2D eigenvalue weighted by atomic mass is 10.1. The summed E-state index contributed by atoms with van der Waals surface area (Å²) in [6.07, 6.45) is 0. The molecule has 1 aromatic carbocycles. The Morgan fingerprint density at radius 2 is 1.96 bits per heavy atom. The largest absolute Gasteiger partial charge is 0.507 e. The van der Waals surface area contributed by atoms with Gasteiger partial charge in [0.15, 0.2) is 5.56 Å². The van der Waals surface area contributed by atoms with E-state index in [4.69, 9.17) is 5.11 Å². The van der Waals surface area contributed by atoms with Gasteiger partial charge in [-0.05, 0) is 37.9 Å². The van der Waals surface area contributed by atoms with E-state index < -0.39 is 22.8 Å². The highest BCUT2D eigenvalue weighted by Gasteiger charge is 2.17. The van der Waals surface area contributed by atoms with Crippen molar-refractivity contribution in [1.29, 1.82) is 0 Å². The lowest BCUT2D eigenvalue weighted by Gasteiger charge is -2.10. The van der Waals surface area contributed by atoms with E-state index in [2.05, 4.69) is 20.5 Å². The average molecular weight is 341 g/mol. The summed E-state index contributed by atoms with van der Waals surface area (Å²) in [6.45, 7) is 0.797. The van der Waals surface area contributed by atoms with Gasteiger partial charge in [-0.1, -0.05) is 6.07 Å². The third-order valence-electron chi connectivity index (χ3n) is 4.16. The Morgan fingerprint density at radius 3 is 2.56 bits per heavy atom. The van der Waals surface area contributed by atoms with Gasteiger partial charge in [0.25, 0.3) is 5.56 Å². The number of carbonyl (C=O) groups is 1. The molecule has 3 aromatic rings. The average Bonchev–Trinajstić information content (AvgIpc) is 2.81. The molecule has 3 rings (SSSR count). The van der Waals surface area contributed by atoms with Crippen molar-refractivity contribution in [2.75, 3.05) is 14.1 Å². The maximum absolute atomic E-state index is 11.9. The molecule has 0 radical (unpaired) electrons. The number of carboxylic acid groups (broad SMARTS) is 1. The van der Waals surface area contributed by atoms with Crippen molar-refractivity contribution in [2.45, 2.75) is 6.54 Å². The number of pyridine rings is 1. The molecular weight excluding hydrogens is 322 g/mol. The maximum Gasteiger partial charge on any atom is 0.345 e. The lowest BCUT2D eigenvalue weighted by Crippen LogP contribution is -2.17. The fourth-order valence-electron chi connectivity index (χ4n) is 2.96. The van der Waals surface area contributed by atoms with E-state index in [1.165, 1.54) is 6.07 Å². The normalized spacial score (nSPS) is 11.4. The van der Waals surface area contributed by atoms with E-state index in [0.29, 0.717) is 11.3 Å². The number of aromatic nitrogens is 2. The molecule has 3 N–H and O–H groups in total. The Morgan fingerprint density at radius 1 is 1.24 bits per heavy atom. The molecule has 0 bridgehead atoms. The molecule has 0 unspecified atom stereocenters. The summed E-state index contributed by atoms with van der Waals surface area (Å²) < 4.78 is 2.10. The fraction of sp³-hybridized carbons (Fsp3) is 0.222. The number of aromatic amines is 1. The van der Waals surface area contributed by atoms with Crippen molar-refractivity contribution in [2.24, 2.45) is 7.05 Å². The van der Waals surface area contributed by atoms with Crippen LogP contribution in [0.1, 0.15) is 16.1 Å². The van der Waals surface area contributed by atoms with Gasteiger partial charge in [-0.3, -0.25) is 4.79 Å². The number of hydrogen-bond acceptors (Lipinski definition) is 4. The Bertz CT molecular complexity index is 1030. The molecular formula is C18H19N3O4. The van der Waals surface area contributed by atoms with E-state index in [-0.39, 0.29) is 0 Å². The summed E-state index contributed by atoms with van der Waals surface area (Å²) in [5.41, 5.74) is 1.78. The second-order valence-electron chi connectivity index (χ2n) is 6.28. The van der Waals surface area contributed by atoms with Crippen LogP contribution in [-0.4, -0.2) is 44.7 Å². The van der Waals surface area contributed by atoms with Crippen LogP contribution in [0.2, 0.25) is 0 Å². The van der Waals surface area contributed by atoms with Crippen LogP contribution in [-0.2, 0) is 13.6 Å². The highest BCUT2D eigenvalue weighted by molar-refractivity contribution is 5.91. The molecule has 0 saturated carbocycles. The monoisotopic (exact) mass is 341 g/mol. The summed E-state index contributed by atoms with van der Waals surface area (Å²) in [4.78, 5) is 27.5. The van der Waals surface area contributed by atoms with E-state index in [1.807, 2.05) is 39.3 Å². The number of aromatic hydroxyl groups is 1. The first kappa shape index (κ1) is 16.8. The van der Waals surface area contributed by atoms with Crippen LogP contribution >= 0.6 is 0 Å². The number of H-pyrrole nitrogens is 1. The summed E-state index contributed by atoms with van der Waals surface area (Å²) in [7, 11) is 6.00. The number of carboxylic acids is 1. The van der Waals surface area contributed by atoms with Crippen molar-refractivity contribution in [3.63, 3.8) is 0 Å². The molecule has 130 valence electrons. The maximum atomic E-state index is 11.9. The third kappa shape index (κ3) is 3.01. The molecule has 0 spiro atoms. The lowest BCUT2D eigenvalue weighted by molar-refractivity contribution is 0.0691. The van der Waals surface area contributed by atoms with Gasteiger partial charge in [-0.25, -0.2) is 4.79 Å². The number of nitrogens with zero attached hydrogens (tertiary/aromatic N) is 2. The van der Waals surface area contributed by atoms with Crippen molar-refractivity contribution in [3.8, 4) is 17.0 Å². The van der Waals surface area contributed by atoms with Crippen LogP contribution in [0.15, 0.2) is 35.1 Å². The SMILES string of the molecule is CN(C)Cc1cc2cc(-c3cc(O)c(C(=O)O)c(=O)[nH]3)ccc2n1C. The van der Waals surface area contributed by atoms with Gasteiger partial charge >= 0.3 is 5.97 Å². The number of hydrogen-bond donors (Lipinski definition) is 3. The third-order valence-corrected chi connectivity index (χ3v) is 4.16. The zero-order valence-corrected chi connectivity index (χ0v) is 14.2. The van der Waals surface area contributed by atoms with E-state index in [9.17, 15) is 14.7 Å². The van der Waals surface area contributed by atoms with Gasteiger partial charge in [0.1, 0.15) is 5.75 Å². The second kappa shape index (κ2) is 6.10. The minimum Gasteiger partial charge on any atom is -0.507 e. The number of nitrogens with one attached hydrogen (secondary N) is 1. The molecule has 2 aromatic heterocycles. The van der Waals surface area contributed by atoms with Gasteiger partial charge in [-0.2, -0.15) is 0 Å². The highest BCUT2D eigenvalue weighted by atomic mass is 16.4. The van der Waals surface area contributed by atoms with Crippen molar-refractivity contribution in [1.82, 2.24) is 14.5 Å². The summed E-state index contributed by atoms with van der Waals surface area (Å²) in [6, 6.07) is 9.00. The van der Waals surface area contributed by atoms with E-state index in [0.717, 1.165) is 23.1 Å². The summed E-state index contributed by atoms with van der Waals surface area (Å²) in [5, 5.41) is 19.8. The van der Waals surface area contributed by atoms with Crippen molar-refractivity contribution < 1.29 is 15.0 Å². The Hall–Kier alpha value is -3.06. The molecule has 7 nitrogen and oxygen atoms in total. The van der Waals surface area contributed by atoms with Crippen molar-refractivity contribution in [3.05, 3.63) is 51.9 Å². The first-order chi connectivity index (χ1) is 11.8. The standard InChI is InChI=1S/C18H19N3O4/c1-20(2)9-12-7-11-6-10(4-5-14(11)21(12)3)13-8-15(22)16(18(24)25)17(23)19-13/h4-8H,9H2,1-3H3,(H,24,25)(H2,19,22,23). The zero-order chi connectivity index (χ0) is 18.3. The van der Waals surface area contributed by atoms with Gasteiger partial charge in [0.2, 0.25) is 0 Å². The molecule has 0 aliphatic carbocycles. The Balaban J connectivity index is 2.11. The molecule has 2 heterocycles. The van der Waals surface area contributed by atoms with Gasteiger partial charge in [0.05, 0.1) is 5.69 Å². The minimum atomic E-state index is -1.46. The van der Waals surface area contributed by atoms with Crippen molar-refractivity contribution >= 4 is 16.9 Å². The number of rotatable bonds is 4. The fourth-order valence-corrected chi connectivity index (χ4v) is 2.96. The van der Waals surface area contributed by atoms with Gasteiger partial charge in [-0.15, -0.1) is 0 Å². The van der Waals surface area contributed by atoms with Crippen LogP contribution in [0.25, 0.3) is 22.2 Å². The molecule has 0 fully saturated rings. The van der Waals surface area contributed by atoms with E-state index >= 15 is 0 Å². The van der Waals surface area contributed by atoms with Crippen LogP contribution in [0.4, 0.5) is 0 Å². The van der Waals surface area contributed by atoms with Gasteiger partial charge in [0, 0.05) is 36.3 Å². The molecule has 0 saturated heterocycles. The topological polar surface area (TPSA) is 98.6 Å². The summed E-state index contributed by atoms with van der Waals surface area (Å²) >= 11 is 0.